The van der Waals surface area contributed by atoms with Crippen LogP contribution in [0.25, 0.3) is 0 Å². The summed E-state index contributed by atoms with van der Waals surface area (Å²) in [5.74, 6) is 0.336. The van der Waals surface area contributed by atoms with E-state index in [0.717, 1.165) is 51.3 Å². The molecule has 7 heteroatoms. The lowest BCUT2D eigenvalue weighted by atomic mass is 9.99. The van der Waals surface area contributed by atoms with Gasteiger partial charge in [0.2, 0.25) is 5.91 Å². The van der Waals surface area contributed by atoms with Crippen LogP contribution < -0.4 is 15.5 Å². The predicted octanol–water partition coefficient (Wildman–Crippen LogP) is 3.67. The molecule has 0 aliphatic carbocycles. The number of allylic oxidation sites excluding steroid dienone is 3. The van der Waals surface area contributed by atoms with Gasteiger partial charge in [0.15, 0.2) is 0 Å². The zero-order valence-corrected chi connectivity index (χ0v) is 20.3. The Labute approximate surface area is 197 Å². The van der Waals surface area contributed by atoms with Gasteiger partial charge in [-0.3, -0.25) is 4.79 Å². The summed E-state index contributed by atoms with van der Waals surface area (Å²) >= 11 is 4.42. The first-order chi connectivity index (χ1) is 15.5. The van der Waals surface area contributed by atoms with Crippen LogP contribution in [0.5, 0.6) is 0 Å². The minimum absolute atomic E-state index is 0.00840. The number of amides is 1. The topological polar surface area (TPSA) is 73.8 Å². The largest absolute Gasteiger partial charge is 0.396 e. The maximum atomic E-state index is 12.4. The van der Waals surface area contributed by atoms with Crippen LogP contribution in [0.4, 0.5) is 5.69 Å². The summed E-state index contributed by atoms with van der Waals surface area (Å²) in [6, 6.07) is 8.58. The van der Waals surface area contributed by atoms with E-state index in [1.165, 1.54) is 16.7 Å². The quantitative estimate of drug-likeness (QED) is 0.313. The van der Waals surface area contributed by atoms with Crippen LogP contribution in [0.1, 0.15) is 51.5 Å². The van der Waals surface area contributed by atoms with Crippen molar-refractivity contribution in [1.29, 1.82) is 0 Å². The second-order valence-corrected chi connectivity index (χ2v) is 8.31. The summed E-state index contributed by atoms with van der Waals surface area (Å²) in [5, 5.41) is 15.2. The first-order valence-corrected chi connectivity index (χ1v) is 11.9. The number of nitrogens with one attached hydrogen (secondary N) is 2. The number of hydrogen-bond acceptors (Lipinski definition) is 5. The molecule has 176 valence electrons. The number of carbonyl (C=O) groups is 1. The molecule has 0 saturated carbocycles. The molecule has 3 N–H and O–H groups in total. The number of nitrogens with zero attached hydrogens (tertiary/aromatic N) is 1. The summed E-state index contributed by atoms with van der Waals surface area (Å²) in [6.07, 6.45) is 6.43. The average Bonchev–Trinajstić information content (AvgIpc) is 3.18. The van der Waals surface area contributed by atoms with E-state index in [4.69, 9.17) is 4.74 Å². The Morgan fingerprint density at radius 1 is 1.25 bits per heavy atom. The summed E-state index contributed by atoms with van der Waals surface area (Å²) in [7, 11) is 0. The van der Waals surface area contributed by atoms with Gasteiger partial charge in [-0.1, -0.05) is 36.5 Å². The van der Waals surface area contributed by atoms with Gasteiger partial charge >= 0.3 is 0 Å². The fraction of sp³-hybridized carbons (Fsp3) is 0.520. The second-order valence-electron chi connectivity index (χ2n) is 8.07. The van der Waals surface area contributed by atoms with Crippen molar-refractivity contribution < 1.29 is 14.6 Å². The molecule has 32 heavy (non-hydrogen) atoms. The maximum Gasteiger partial charge on any atom is 0.247 e. The normalized spacial score (nSPS) is 19.0. The molecule has 1 atom stereocenters. The molecule has 0 aromatic heterocycles. The minimum Gasteiger partial charge on any atom is -0.396 e. The van der Waals surface area contributed by atoms with E-state index >= 15 is 0 Å². The zero-order valence-electron chi connectivity index (χ0n) is 19.5. The molecule has 6 nitrogen and oxygen atoms in total. The number of rotatable bonds is 8. The van der Waals surface area contributed by atoms with Crippen LogP contribution in [0.15, 0.2) is 47.7 Å². The number of aliphatic hydroxyl groups excluding tert-OH is 1. The number of anilines is 1. The van der Waals surface area contributed by atoms with Gasteiger partial charge in [-0.15, -0.1) is 0 Å². The average molecular weight is 460 g/mol. The fourth-order valence-electron chi connectivity index (χ4n) is 3.87. The summed E-state index contributed by atoms with van der Waals surface area (Å²) in [5.41, 5.74) is 5.81. The lowest BCUT2D eigenvalue weighted by Gasteiger charge is -2.23. The first kappa shape index (κ1) is 26.0. The van der Waals surface area contributed by atoms with Crippen LogP contribution in [0, 0.1) is 0 Å². The van der Waals surface area contributed by atoms with Crippen molar-refractivity contribution in [1.82, 2.24) is 10.6 Å². The van der Waals surface area contributed by atoms with E-state index < -0.39 is 0 Å². The van der Waals surface area contributed by atoms with E-state index in [-0.39, 0.29) is 18.6 Å². The molecular weight excluding hydrogens is 422 g/mol. The first-order valence-electron chi connectivity index (χ1n) is 11.4. The Balaban J connectivity index is 0.000000654. The van der Waals surface area contributed by atoms with Crippen LogP contribution in [-0.2, 0) is 9.53 Å². The summed E-state index contributed by atoms with van der Waals surface area (Å²) in [4.78, 5) is 14.7. The SMILES string of the molecule is C/C(=C/C=C(\C)C(=O)NC1CCOCC1)N1CC(CCO)c2ccccc21.CCNC=S. The molecule has 0 spiro atoms. The number of benzene rings is 1. The van der Waals surface area contributed by atoms with Crippen LogP contribution in [0.2, 0.25) is 0 Å². The van der Waals surface area contributed by atoms with Crippen molar-refractivity contribution >= 4 is 29.3 Å². The molecule has 1 aromatic carbocycles. The molecule has 1 amide bonds. The van der Waals surface area contributed by atoms with E-state index in [1.54, 1.807) is 0 Å². The van der Waals surface area contributed by atoms with Crippen molar-refractivity contribution in [3.05, 3.63) is 53.3 Å². The molecule has 3 rings (SSSR count). The molecule has 0 radical (unpaired) electrons. The highest BCUT2D eigenvalue weighted by molar-refractivity contribution is 7.78. The number of hydrogen-bond donors (Lipinski definition) is 3. The standard InChI is InChI=1S/C22H30N2O3.C3H7NS/c1-16(22(26)23-19-10-13-27-14-11-19)7-8-17(2)24-15-18(9-12-25)20-5-3-4-6-21(20)24;1-2-4-3-5/h3-8,18-19,25H,9-15H2,1-2H3,(H,23,26);3H,2H2,1H3,(H,4,5)/b16-7+,17-8-;. The van der Waals surface area contributed by atoms with Gasteiger partial charge in [-0.25, -0.2) is 0 Å². The van der Waals surface area contributed by atoms with E-state index in [9.17, 15) is 9.90 Å². The van der Waals surface area contributed by atoms with Gasteiger partial charge in [-0.05, 0) is 57.7 Å². The van der Waals surface area contributed by atoms with Crippen molar-refractivity contribution in [2.75, 3.05) is 37.8 Å². The Kier molecular flexibility index (Phi) is 11.4. The lowest BCUT2D eigenvalue weighted by Crippen LogP contribution is -2.39. The van der Waals surface area contributed by atoms with E-state index in [2.05, 4.69) is 52.9 Å². The number of ether oxygens (including phenoxy) is 1. The molecular formula is C25H37N3O3S. The van der Waals surface area contributed by atoms with Crippen molar-refractivity contribution in [3.8, 4) is 0 Å². The predicted molar refractivity (Wildman–Crippen MR) is 135 cm³/mol. The van der Waals surface area contributed by atoms with Gasteiger partial charge in [0.05, 0.1) is 5.49 Å². The Bertz CT molecular complexity index is 803. The zero-order chi connectivity index (χ0) is 23.3. The third-order valence-corrected chi connectivity index (χ3v) is 5.92. The molecule has 2 heterocycles. The Morgan fingerprint density at radius 3 is 2.59 bits per heavy atom. The van der Waals surface area contributed by atoms with E-state index in [1.807, 2.05) is 32.1 Å². The Morgan fingerprint density at radius 2 is 1.97 bits per heavy atom. The third kappa shape index (κ3) is 7.73. The molecule has 2 aliphatic heterocycles. The molecule has 0 bridgehead atoms. The van der Waals surface area contributed by atoms with Crippen molar-refractivity contribution in [3.63, 3.8) is 0 Å². The van der Waals surface area contributed by atoms with E-state index in [0.29, 0.717) is 11.5 Å². The number of para-hydroxylation sites is 1. The summed E-state index contributed by atoms with van der Waals surface area (Å²) in [6.45, 7) is 9.35. The number of fused-ring (bicyclic) bond motifs is 1. The second kappa shape index (κ2) is 14.0. The smallest absolute Gasteiger partial charge is 0.247 e. The molecule has 1 fully saturated rings. The highest BCUT2D eigenvalue weighted by Gasteiger charge is 2.28. The Hall–Kier alpha value is -2.22. The van der Waals surface area contributed by atoms with Crippen molar-refractivity contribution in [2.45, 2.75) is 52.0 Å². The minimum atomic E-state index is -0.00840. The highest BCUT2D eigenvalue weighted by atomic mass is 32.1. The third-order valence-electron chi connectivity index (χ3n) is 5.75. The highest BCUT2D eigenvalue weighted by Crippen LogP contribution is 2.39. The number of thiocarbonyl (C=S) groups is 1. The maximum absolute atomic E-state index is 12.4. The number of aliphatic hydroxyl groups is 1. The van der Waals surface area contributed by atoms with Crippen LogP contribution >= 0.6 is 12.2 Å². The van der Waals surface area contributed by atoms with Gasteiger partial charge in [0.1, 0.15) is 0 Å². The van der Waals surface area contributed by atoms with Crippen LogP contribution in [0.3, 0.4) is 0 Å². The molecule has 1 aromatic rings. The van der Waals surface area contributed by atoms with Crippen molar-refractivity contribution in [2.24, 2.45) is 0 Å². The van der Waals surface area contributed by atoms with Gasteiger partial charge in [-0.2, -0.15) is 0 Å². The van der Waals surface area contributed by atoms with Gasteiger partial charge < -0.3 is 25.4 Å². The molecule has 2 aliphatic rings. The fourth-order valence-corrected chi connectivity index (χ4v) is 4.03. The monoisotopic (exact) mass is 459 g/mol. The van der Waals surface area contributed by atoms with Gasteiger partial charge in [0, 0.05) is 61.8 Å². The van der Waals surface area contributed by atoms with Crippen LogP contribution in [-0.4, -0.2) is 55.5 Å². The van der Waals surface area contributed by atoms with Gasteiger partial charge in [0.25, 0.3) is 0 Å². The lowest BCUT2D eigenvalue weighted by molar-refractivity contribution is -0.118. The molecule has 1 unspecified atom stereocenters. The number of carbonyl (C=O) groups excluding carboxylic acids is 1. The molecule has 1 saturated heterocycles. The summed E-state index contributed by atoms with van der Waals surface area (Å²) < 4.78 is 5.34.